The number of ether oxygens (including phenoxy) is 2. The van der Waals surface area contributed by atoms with Crippen LogP contribution in [-0.2, 0) is 9.53 Å². The van der Waals surface area contributed by atoms with Crippen LogP contribution in [0.15, 0.2) is 24.3 Å². The first kappa shape index (κ1) is 14.8. The van der Waals surface area contributed by atoms with Crippen LogP contribution in [0, 0.1) is 0 Å². The van der Waals surface area contributed by atoms with Gasteiger partial charge in [-0.1, -0.05) is 12.1 Å². The Labute approximate surface area is 118 Å². The third kappa shape index (κ3) is 4.51. The molecular weight excluding hydrogens is 258 g/mol. The van der Waals surface area contributed by atoms with E-state index in [0.717, 1.165) is 30.8 Å². The maximum atomic E-state index is 10.6. The van der Waals surface area contributed by atoms with Crippen molar-refractivity contribution in [3.8, 4) is 5.75 Å². The molecule has 2 rings (SSSR count). The van der Waals surface area contributed by atoms with Gasteiger partial charge >= 0.3 is 5.97 Å². The largest absolute Gasteiger partial charge is 0.488 e. The van der Waals surface area contributed by atoms with E-state index in [1.807, 2.05) is 24.3 Å². The first-order chi connectivity index (χ1) is 9.65. The van der Waals surface area contributed by atoms with E-state index in [9.17, 15) is 4.79 Å². The van der Waals surface area contributed by atoms with E-state index in [4.69, 9.17) is 20.3 Å². The number of carboxylic acid groups (broad SMARTS) is 1. The molecule has 1 aromatic rings. The van der Waals surface area contributed by atoms with Gasteiger partial charge in [0.05, 0.1) is 6.61 Å². The lowest BCUT2D eigenvalue weighted by Crippen LogP contribution is -2.28. The third-order valence-corrected chi connectivity index (χ3v) is 3.38. The molecule has 1 fully saturated rings. The van der Waals surface area contributed by atoms with Crippen molar-refractivity contribution in [3.63, 3.8) is 0 Å². The highest BCUT2D eigenvalue weighted by Crippen LogP contribution is 2.23. The molecule has 0 aliphatic carbocycles. The number of benzene rings is 1. The molecule has 5 nitrogen and oxygen atoms in total. The minimum atomic E-state index is -0.827. The highest BCUT2D eigenvalue weighted by Gasteiger charge is 2.16. The lowest BCUT2D eigenvalue weighted by Gasteiger charge is -2.23. The zero-order valence-corrected chi connectivity index (χ0v) is 11.5. The van der Waals surface area contributed by atoms with Gasteiger partial charge in [0, 0.05) is 19.1 Å². The number of hydrogen-bond acceptors (Lipinski definition) is 4. The smallest absolute Gasteiger partial charge is 0.303 e. The average molecular weight is 279 g/mol. The van der Waals surface area contributed by atoms with Crippen LogP contribution in [0.4, 0.5) is 0 Å². The Kier molecular flexibility index (Phi) is 5.38. The zero-order chi connectivity index (χ0) is 14.4. The molecule has 0 amide bonds. The lowest BCUT2D eigenvalue weighted by molar-refractivity contribution is -0.137. The molecule has 1 aliphatic heterocycles. The highest BCUT2D eigenvalue weighted by atomic mass is 16.5. The van der Waals surface area contributed by atoms with Crippen LogP contribution in [-0.4, -0.2) is 30.4 Å². The predicted octanol–water partition coefficient (Wildman–Crippen LogP) is 2.11. The molecule has 2 atom stereocenters. The second-order valence-corrected chi connectivity index (χ2v) is 5.07. The fourth-order valence-electron chi connectivity index (χ4n) is 2.26. The Morgan fingerprint density at radius 1 is 1.55 bits per heavy atom. The summed E-state index contributed by atoms with van der Waals surface area (Å²) in [6.07, 6.45) is 2.60. The van der Waals surface area contributed by atoms with E-state index in [2.05, 4.69) is 0 Å². The van der Waals surface area contributed by atoms with Crippen LogP contribution in [0.3, 0.4) is 0 Å². The van der Waals surface area contributed by atoms with E-state index >= 15 is 0 Å². The Balaban J connectivity index is 1.94. The molecule has 3 N–H and O–H groups in total. The van der Waals surface area contributed by atoms with Crippen molar-refractivity contribution in [3.05, 3.63) is 29.8 Å². The molecule has 5 heteroatoms. The van der Waals surface area contributed by atoms with Crippen LogP contribution in [0.1, 0.15) is 37.3 Å². The van der Waals surface area contributed by atoms with E-state index < -0.39 is 5.97 Å². The fraction of sp³-hybridized carbons (Fsp3) is 0.533. The van der Waals surface area contributed by atoms with Crippen molar-refractivity contribution in [1.29, 1.82) is 0 Å². The summed E-state index contributed by atoms with van der Waals surface area (Å²) < 4.78 is 11.3. The number of rotatable bonds is 6. The van der Waals surface area contributed by atoms with Gasteiger partial charge in [0.25, 0.3) is 0 Å². The summed E-state index contributed by atoms with van der Waals surface area (Å²) in [5, 5.41) is 8.69. The SMILES string of the molecule is NC(CCC(=O)O)c1cccc(OC2CCCOC2)c1. The molecule has 0 radical (unpaired) electrons. The summed E-state index contributed by atoms with van der Waals surface area (Å²) in [6, 6.07) is 7.28. The van der Waals surface area contributed by atoms with Crippen molar-refractivity contribution in [2.75, 3.05) is 13.2 Å². The van der Waals surface area contributed by atoms with Crippen molar-refractivity contribution >= 4 is 5.97 Å². The minimum absolute atomic E-state index is 0.0721. The van der Waals surface area contributed by atoms with Crippen molar-refractivity contribution < 1.29 is 19.4 Å². The number of carbonyl (C=O) groups is 1. The fourth-order valence-corrected chi connectivity index (χ4v) is 2.26. The third-order valence-electron chi connectivity index (χ3n) is 3.38. The first-order valence-corrected chi connectivity index (χ1v) is 6.97. The molecule has 20 heavy (non-hydrogen) atoms. The van der Waals surface area contributed by atoms with Gasteiger partial charge in [-0.15, -0.1) is 0 Å². The van der Waals surface area contributed by atoms with Gasteiger partial charge in [-0.05, 0) is 37.0 Å². The number of carboxylic acids is 1. The van der Waals surface area contributed by atoms with Crippen LogP contribution in [0.2, 0.25) is 0 Å². The van der Waals surface area contributed by atoms with Crippen LogP contribution >= 0.6 is 0 Å². The van der Waals surface area contributed by atoms with Gasteiger partial charge in [-0.3, -0.25) is 4.79 Å². The van der Waals surface area contributed by atoms with E-state index in [1.54, 1.807) is 0 Å². The molecule has 110 valence electrons. The molecule has 0 bridgehead atoms. The molecule has 1 heterocycles. The standard InChI is InChI=1S/C15H21NO4/c16-14(6-7-15(17)18)11-3-1-4-12(9-11)20-13-5-2-8-19-10-13/h1,3-4,9,13-14H,2,5-8,10,16H2,(H,17,18). The van der Waals surface area contributed by atoms with Crippen molar-refractivity contribution in [2.45, 2.75) is 37.8 Å². The van der Waals surface area contributed by atoms with Gasteiger partial charge in [-0.25, -0.2) is 0 Å². The molecule has 0 aromatic heterocycles. The quantitative estimate of drug-likeness (QED) is 0.833. The number of aliphatic carboxylic acids is 1. The number of nitrogens with two attached hydrogens (primary N) is 1. The van der Waals surface area contributed by atoms with Gasteiger partial charge in [0.2, 0.25) is 0 Å². The summed E-state index contributed by atoms with van der Waals surface area (Å²) in [5.41, 5.74) is 6.90. The summed E-state index contributed by atoms with van der Waals surface area (Å²) in [4.78, 5) is 10.6. The Morgan fingerprint density at radius 3 is 3.10 bits per heavy atom. The molecular formula is C15H21NO4. The molecule has 1 aromatic carbocycles. The molecule has 1 saturated heterocycles. The summed E-state index contributed by atoms with van der Waals surface area (Å²) in [5.74, 6) is -0.0593. The molecule has 0 spiro atoms. The normalized spacial score (nSPS) is 20.4. The van der Waals surface area contributed by atoms with Gasteiger partial charge in [-0.2, -0.15) is 0 Å². The van der Waals surface area contributed by atoms with Gasteiger partial charge in [0.1, 0.15) is 11.9 Å². The Bertz CT molecular complexity index is 443. The second kappa shape index (κ2) is 7.26. The van der Waals surface area contributed by atoms with Crippen molar-refractivity contribution in [1.82, 2.24) is 0 Å². The van der Waals surface area contributed by atoms with Crippen LogP contribution in [0.25, 0.3) is 0 Å². The highest BCUT2D eigenvalue weighted by molar-refractivity contribution is 5.66. The maximum absolute atomic E-state index is 10.6. The first-order valence-electron chi connectivity index (χ1n) is 6.97. The lowest BCUT2D eigenvalue weighted by atomic mass is 10.0. The topological polar surface area (TPSA) is 81.8 Å². The summed E-state index contributed by atoms with van der Waals surface area (Å²) in [6.45, 7) is 1.43. The average Bonchev–Trinajstić information content (AvgIpc) is 2.46. The zero-order valence-electron chi connectivity index (χ0n) is 11.5. The monoisotopic (exact) mass is 279 g/mol. The van der Waals surface area contributed by atoms with Gasteiger partial charge in [0.15, 0.2) is 0 Å². The van der Waals surface area contributed by atoms with Crippen LogP contribution in [0.5, 0.6) is 5.75 Å². The summed E-state index contributed by atoms with van der Waals surface area (Å²) >= 11 is 0. The molecule has 2 unspecified atom stereocenters. The predicted molar refractivity (Wildman–Crippen MR) is 74.7 cm³/mol. The van der Waals surface area contributed by atoms with Gasteiger partial charge < -0.3 is 20.3 Å². The van der Waals surface area contributed by atoms with Crippen LogP contribution < -0.4 is 10.5 Å². The van der Waals surface area contributed by atoms with E-state index in [0.29, 0.717) is 13.0 Å². The second-order valence-electron chi connectivity index (χ2n) is 5.07. The molecule has 1 aliphatic rings. The molecule has 0 saturated carbocycles. The maximum Gasteiger partial charge on any atom is 0.303 e. The van der Waals surface area contributed by atoms with Crippen molar-refractivity contribution in [2.24, 2.45) is 5.73 Å². The van der Waals surface area contributed by atoms with E-state index in [1.165, 1.54) is 0 Å². The minimum Gasteiger partial charge on any atom is -0.488 e. The van der Waals surface area contributed by atoms with E-state index in [-0.39, 0.29) is 18.6 Å². The Hall–Kier alpha value is -1.59. The number of hydrogen-bond donors (Lipinski definition) is 2. The summed E-state index contributed by atoms with van der Waals surface area (Å²) in [7, 11) is 0. The Morgan fingerprint density at radius 2 is 2.40 bits per heavy atom.